The number of benzene rings is 2. The van der Waals surface area contributed by atoms with E-state index in [-0.39, 0.29) is 5.82 Å². The van der Waals surface area contributed by atoms with Crippen LogP contribution in [0.2, 0.25) is 10.0 Å². The molecule has 3 aromatic rings. The van der Waals surface area contributed by atoms with Crippen molar-refractivity contribution in [3.8, 4) is 11.3 Å². The normalized spacial score (nSPS) is 10.7. The summed E-state index contributed by atoms with van der Waals surface area (Å²) < 4.78 is 19.4. The number of nitrogens with one attached hydrogen (secondary N) is 1. The van der Waals surface area contributed by atoms with Gasteiger partial charge in [-0.25, -0.2) is 4.39 Å². The molecular weight excluding hydrogens is 324 g/mol. The highest BCUT2D eigenvalue weighted by Crippen LogP contribution is 2.27. The first-order chi connectivity index (χ1) is 10.6. The van der Waals surface area contributed by atoms with Gasteiger partial charge in [-0.3, -0.25) is 0 Å². The van der Waals surface area contributed by atoms with Crippen molar-refractivity contribution in [3.05, 3.63) is 76.2 Å². The zero-order valence-electron chi connectivity index (χ0n) is 11.4. The highest BCUT2D eigenvalue weighted by Gasteiger charge is 2.09. The number of hydrogen-bond acceptors (Lipinski definition) is 2. The molecule has 5 heteroatoms. The predicted molar refractivity (Wildman–Crippen MR) is 87.9 cm³/mol. The van der Waals surface area contributed by atoms with Crippen LogP contribution in [0.25, 0.3) is 11.3 Å². The standard InChI is InChI=1S/C17H12Cl2FNO/c18-14-7-5-11(9-15(14)19)21-10-12-6-8-17(22-12)13-3-1-2-4-16(13)20/h1-9,21H,10H2. The number of hydrogen-bond donors (Lipinski definition) is 1. The summed E-state index contributed by atoms with van der Waals surface area (Å²) in [4.78, 5) is 0. The zero-order chi connectivity index (χ0) is 15.5. The molecule has 0 atom stereocenters. The first-order valence-electron chi connectivity index (χ1n) is 6.66. The first-order valence-corrected chi connectivity index (χ1v) is 7.41. The van der Waals surface area contributed by atoms with E-state index in [2.05, 4.69) is 5.32 Å². The Balaban J connectivity index is 1.72. The lowest BCUT2D eigenvalue weighted by atomic mass is 10.1. The van der Waals surface area contributed by atoms with Gasteiger partial charge in [0.05, 0.1) is 22.2 Å². The Labute approximate surface area is 137 Å². The molecule has 0 aliphatic carbocycles. The average molecular weight is 336 g/mol. The van der Waals surface area contributed by atoms with Crippen molar-refractivity contribution in [3.63, 3.8) is 0 Å². The minimum atomic E-state index is -0.305. The quantitative estimate of drug-likeness (QED) is 0.632. The van der Waals surface area contributed by atoms with Crippen molar-refractivity contribution in [1.82, 2.24) is 0 Å². The van der Waals surface area contributed by atoms with Crippen molar-refractivity contribution in [2.75, 3.05) is 5.32 Å². The van der Waals surface area contributed by atoms with Gasteiger partial charge in [-0.1, -0.05) is 35.3 Å². The van der Waals surface area contributed by atoms with Crippen LogP contribution >= 0.6 is 23.2 Å². The third-order valence-electron chi connectivity index (χ3n) is 3.19. The number of furan rings is 1. The van der Waals surface area contributed by atoms with E-state index in [1.54, 1.807) is 36.4 Å². The molecule has 22 heavy (non-hydrogen) atoms. The maximum absolute atomic E-state index is 13.7. The summed E-state index contributed by atoms with van der Waals surface area (Å²) in [6, 6.07) is 15.4. The predicted octanol–water partition coefficient (Wildman–Crippen LogP) is 6.00. The topological polar surface area (TPSA) is 25.2 Å². The second-order valence-corrected chi connectivity index (χ2v) is 5.54. The van der Waals surface area contributed by atoms with E-state index in [0.29, 0.717) is 33.7 Å². The van der Waals surface area contributed by atoms with Gasteiger partial charge in [0.1, 0.15) is 17.3 Å². The van der Waals surface area contributed by atoms with Crippen molar-refractivity contribution >= 4 is 28.9 Å². The summed E-state index contributed by atoms with van der Waals surface area (Å²) in [7, 11) is 0. The lowest BCUT2D eigenvalue weighted by molar-refractivity contribution is 0.525. The van der Waals surface area contributed by atoms with Gasteiger partial charge in [-0.05, 0) is 42.5 Å². The molecule has 0 fully saturated rings. The van der Waals surface area contributed by atoms with Gasteiger partial charge in [0, 0.05) is 5.69 Å². The third kappa shape index (κ3) is 3.26. The minimum absolute atomic E-state index is 0.305. The molecule has 0 saturated carbocycles. The first kappa shape index (κ1) is 14.9. The second kappa shape index (κ2) is 6.42. The molecule has 0 aliphatic heterocycles. The summed E-state index contributed by atoms with van der Waals surface area (Å²) >= 11 is 11.8. The van der Waals surface area contributed by atoms with E-state index in [4.69, 9.17) is 27.6 Å². The van der Waals surface area contributed by atoms with E-state index >= 15 is 0 Å². The van der Waals surface area contributed by atoms with Crippen molar-refractivity contribution < 1.29 is 8.81 Å². The SMILES string of the molecule is Fc1ccccc1-c1ccc(CNc2ccc(Cl)c(Cl)c2)o1. The molecule has 0 spiro atoms. The molecule has 0 aliphatic rings. The molecule has 0 bridgehead atoms. The maximum atomic E-state index is 13.7. The highest BCUT2D eigenvalue weighted by molar-refractivity contribution is 6.42. The van der Waals surface area contributed by atoms with Gasteiger partial charge in [0.2, 0.25) is 0 Å². The Morgan fingerprint density at radius 2 is 1.77 bits per heavy atom. The highest BCUT2D eigenvalue weighted by atomic mass is 35.5. The average Bonchev–Trinajstić information content (AvgIpc) is 2.98. The van der Waals surface area contributed by atoms with Crippen LogP contribution in [0.1, 0.15) is 5.76 Å². The van der Waals surface area contributed by atoms with E-state index in [1.807, 2.05) is 12.1 Å². The lowest BCUT2D eigenvalue weighted by Gasteiger charge is -2.05. The Kier molecular flexibility index (Phi) is 4.36. The number of rotatable bonds is 4. The van der Waals surface area contributed by atoms with E-state index in [0.717, 1.165) is 5.69 Å². The molecule has 0 saturated heterocycles. The van der Waals surface area contributed by atoms with Crippen LogP contribution < -0.4 is 5.32 Å². The minimum Gasteiger partial charge on any atom is -0.459 e. The van der Waals surface area contributed by atoms with Gasteiger partial charge in [-0.2, -0.15) is 0 Å². The van der Waals surface area contributed by atoms with Gasteiger partial charge in [-0.15, -0.1) is 0 Å². The summed E-state index contributed by atoms with van der Waals surface area (Å²) in [5.41, 5.74) is 1.28. The van der Waals surface area contributed by atoms with Crippen LogP contribution in [0.3, 0.4) is 0 Å². The fraction of sp³-hybridized carbons (Fsp3) is 0.0588. The van der Waals surface area contributed by atoms with Gasteiger partial charge in [0.15, 0.2) is 0 Å². The fourth-order valence-corrected chi connectivity index (χ4v) is 2.37. The van der Waals surface area contributed by atoms with Crippen molar-refractivity contribution in [2.24, 2.45) is 0 Å². The molecule has 0 radical (unpaired) electrons. The molecule has 1 aromatic heterocycles. The molecule has 1 N–H and O–H groups in total. The molecule has 112 valence electrons. The molecule has 2 nitrogen and oxygen atoms in total. The number of anilines is 1. The summed E-state index contributed by atoms with van der Waals surface area (Å²) in [5.74, 6) is 0.897. The third-order valence-corrected chi connectivity index (χ3v) is 3.93. The number of halogens is 3. The molecule has 3 rings (SSSR count). The van der Waals surface area contributed by atoms with Crippen molar-refractivity contribution in [1.29, 1.82) is 0 Å². The van der Waals surface area contributed by atoms with Gasteiger partial charge < -0.3 is 9.73 Å². The van der Waals surface area contributed by atoms with Crippen molar-refractivity contribution in [2.45, 2.75) is 6.54 Å². The molecule has 0 unspecified atom stereocenters. The second-order valence-electron chi connectivity index (χ2n) is 4.73. The zero-order valence-corrected chi connectivity index (χ0v) is 13.0. The van der Waals surface area contributed by atoms with Gasteiger partial charge in [0.25, 0.3) is 0 Å². The Hall–Kier alpha value is -1.97. The summed E-state index contributed by atoms with van der Waals surface area (Å²) in [6.45, 7) is 0.465. The maximum Gasteiger partial charge on any atom is 0.137 e. The molecule has 1 heterocycles. The van der Waals surface area contributed by atoms with E-state index in [1.165, 1.54) is 6.07 Å². The Bertz CT molecular complexity index is 801. The van der Waals surface area contributed by atoms with Crippen LogP contribution in [0, 0.1) is 5.82 Å². The molecule has 0 amide bonds. The summed E-state index contributed by atoms with van der Waals surface area (Å²) in [6.07, 6.45) is 0. The van der Waals surface area contributed by atoms with Crippen LogP contribution in [-0.2, 0) is 6.54 Å². The Morgan fingerprint density at radius 1 is 0.955 bits per heavy atom. The Morgan fingerprint density at radius 3 is 2.55 bits per heavy atom. The molecule has 2 aromatic carbocycles. The monoisotopic (exact) mass is 335 g/mol. The van der Waals surface area contributed by atoms with E-state index < -0.39 is 0 Å². The fourth-order valence-electron chi connectivity index (χ4n) is 2.07. The lowest BCUT2D eigenvalue weighted by Crippen LogP contribution is -1.97. The van der Waals surface area contributed by atoms with Crippen LogP contribution in [0.15, 0.2) is 59.0 Å². The summed E-state index contributed by atoms with van der Waals surface area (Å²) in [5, 5.41) is 4.17. The van der Waals surface area contributed by atoms with Crippen LogP contribution in [-0.4, -0.2) is 0 Å². The largest absolute Gasteiger partial charge is 0.459 e. The van der Waals surface area contributed by atoms with Crippen LogP contribution in [0.4, 0.5) is 10.1 Å². The van der Waals surface area contributed by atoms with E-state index in [9.17, 15) is 4.39 Å². The smallest absolute Gasteiger partial charge is 0.137 e. The molecular formula is C17H12Cl2FNO. The van der Waals surface area contributed by atoms with Crippen LogP contribution in [0.5, 0.6) is 0 Å². The van der Waals surface area contributed by atoms with Gasteiger partial charge >= 0.3 is 0 Å².